The minimum Gasteiger partial charge on any atom is -0.357 e. The van der Waals surface area contributed by atoms with Crippen molar-refractivity contribution in [2.45, 2.75) is 53.4 Å². The predicted molar refractivity (Wildman–Crippen MR) is 316 cm³/mol. The van der Waals surface area contributed by atoms with Crippen LogP contribution in [0.15, 0.2) is 77.7 Å². The molecule has 0 unspecified atom stereocenters. The molecule has 421 valence electrons. The second-order valence-corrected chi connectivity index (χ2v) is 20.4. The monoisotopic (exact) mass is 1330 g/mol. The molecule has 5 aromatic carbocycles. The Morgan fingerprint density at radius 3 is 1.49 bits per heavy atom. The van der Waals surface area contributed by atoms with Crippen LogP contribution in [0.4, 0.5) is 17.6 Å². The van der Waals surface area contributed by atoms with E-state index in [4.69, 9.17) is 150 Å². The van der Waals surface area contributed by atoms with Gasteiger partial charge in [-0.2, -0.15) is 23.4 Å². The van der Waals surface area contributed by atoms with Crippen LogP contribution in [-0.4, -0.2) is 84.5 Å². The van der Waals surface area contributed by atoms with Crippen LogP contribution in [0.25, 0.3) is 89.7 Å². The molecule has 2 aliphatic rings. The summed E-state index contributed by atoms with van der Waals surface area (Å²) >= 11 is 53.3. The molecule has 0 atom stereocenters. The second kappa shape index (κ2) is 27.5. The van der Waals surface area contributed by atoms with Crippen molar-refractivity contribution in [1.29, 1.82) is 0 Å². The third kappa shape index (κ3) is 13.3. The van der Waals surface area contributed by atoms with E-state index in [9.17, 15) is 8.42 Å². The van der Waals surface area contributed by atoms with Crippen LogP contribution in [0.2, 0.25) is 40.2 Å². The summed E-state index contributed by atoms with van der Waals surface area (Å²) in [7, 11) is -3.73. The van der Waals surface area contributed by atoms with Crippen molar-refractivity contribution < 1.29 is 42.7 Å². The Balaban J connectivity index is 0.000000310. The minimum absolute atomic E-state index is 0. The maximum Gasteiger partial charge on any atom is 2.00 e. The quantitative estimate of drug-likeness (QED) is 0.0702. The van der Waals surface area contributed by atoms with Gasteiger partial charge in [0.2, 0.25) is 11.9 Å². The molecule has 9 aromatic rings. The second-order valence-electron chi connectivity index (χ2n) is 15.5. The Bertz CT molecular complexity index is 4270. The van der Waals surface area contributed by atoms with Crippen LogP contribution < -0.4 is 20.2 Å². The maximum absolute atomic E-state index is 11.2. The molecule has 4 aromatic heterocycles. The van der Waals surface area contributed by atoms with Gasteiger partial charge in [-0.3, -0.25) is 4.55 Å². The first kappa shape index (κ1) is 65.3. The first-order chi connectivity index (χ1) is 37.1. The molecule has 0 aliphatic carbocycles. The van der Waals surface area contributed by atoms with Gasteiger partial charge in [-0.05, 0) is 29.0 Å². The molecular weight excluding hydrogens is 1290 g/mol. The fraction of sp³-hybridized carbons (Fsp3) is 0.180. The number of rotatable bonds is 5. The van der Waals surface area contributed by atoms with Gasteiger partial charge in [-0.15, -0.1) is 12.6 Å². The Morgan fingerprint density at radius 1 is 0.550 bits per heavy atom. The number of hydrogen-bond acceptors (Lipinski definition) is 16. The molecule has 0 spiro atoms. The van der Waals surface area contributed by atoms with Crippen molar-refractivity contribution in [1.82, 2.24) is 54.8 Å². The van der Waals surface area contributed by atoms with Crippen molar-refractivity contribution >= 4 is 175 Å². The zero-order chi connectivity index (χ0) is 57.1. The number of aromatic nitrogens is 11. The van der Waals surface area contributed by atoms with Gasteiger partial charge in [-0.25, -0.2) is 15.0 Å². The van der Waals surface area contributed by atoms with E-state index >= 15 is 0 Å². The summed E-state index contributed by atoms with van der Waals surface area (Å²) in [6.07, 6.45) is 0.642. The number of benzene rings is 5. The molecule has 80 heavy (non-hydrogen) atoms. The maximum atomic E-state index is 11.2. The van der Waals surface area contributed by atoms with Crippen LogP contribution >= 0.6 is 92.8 Å². The van der Waals surface area contributed by atoms with Crippen LogP contribution in [0, 0.1) is 0 Å². The largest absolute Gasteiger partial charge is 2.00 e. The molecule has 1 radical (unpaired) electrons. The molecule has 0 saturated heterocycles. The molecule has 8 bridgehead atoms. The van der Waals surface area contributed by atoms with Gasteiger partial charge in [0.25, 0.3) is 10.1 Å². The molecule has 2 aliphatic heterocycles. The summed E-state index contributed by atoms with van der Waals surface area (Å²) in [4.78, 5) is 52.8. The van der Waals surface area contributed by atoms with E-state index in [-0.39, 0.29) is 103 Å². The van der Waals surface area contributed by atoms with Gasteiger partial charge >= 0.3 is 27.7 Å². The van der Waals surface area contributed by atoms with E-state index < -0.39 is 20.7 Å². The zero-order valence-corrected chi connectivity index (χ0v) is 50.3. The molecule has 0 saturated carbocycles. The zero-order valence-electron chi connectivity index (χ0n) is 41.6. The molecule has 2 N–H and O–H groups in total. The molecule has 0 fully saturated rings. The molecule has 6 heterocycles. The van der Waals surface area contributed by atoms with Gasteiger partial charge in [-0.1, -0.05) is 189 Å². The van der Waals surface area contributed by atoms with Crippen LogP contribution in [-0.2, 0) is 44.2 Å². The van der Waals surface area contributed by atoms with Gasteiger partial charge < -0.3 is 35.1 Å². The SMILES string of the molecule is C.CC.CC.CCc1nc(Nc2cccc(S(=O)(=O)O)c2)nc(N(C)C)n1.Clc1c(Cl)c(Cl)c2c(c1Cl)-c1nc3nc(nc4[n-]c(nc5[n-]c(nc-2n1)c1c(Cl)c(Cl)c(Cl)c(Cl)c51)c1ccccc41)-c1ccccc1-3.O=S(=O)=O.[Cu+2]. The Labute approximate surface area is 510 Å². The first-order valence-corrected chi connectivity index (χ1v) is 28.3. The standard InChI is InChI=1S/C32H8Cl8N8.C13H17N5O3S.2C2H6.CH4.Cu.O3S/c33-17-13-15(19(35)23(39)21(17)37)31-46-29(13)44-27-11-7-3-1-5-9(11)25(42-27)41-26-10-6-2-4-8-12(10)28(43-26)45-30-14-16(32(47-30)48-31)20(36)24(40)22(38)18(14)34;1-4-11-15-12(17-13(16-11)18(2)3)14-9-6-5-7-10(8-9)22(19,20)21;2*1-2;;;1-4(2)3/h1-8H;5-8H,4H2,1-3H3,(H,19,20,21)(H,14,15,16,17);2*1-2H3;1H4;;/q-2;;;;;+2;. The van der Waals surface area contributed by atoms with Crippen molar-refractivity contribution in [3.8, 4) is 45.6 Å². The number of nitrogens with one attached hydrogen (secondary N) is 1. The minimum atomic E-state index is -4.25. The van der Waals surface area contributed by atoms with E-state index in [0.29, 0.717) is 74.7 Å². The van der Waals surface area contributed by atoms with Crippen molar-refractivity contribution in [2.75, 3.05) is 24.3 Å². The third-order valence-corrected chi connectivity index (χ3v) is 15.2. The van der Waals surface area contributed by atoms with Crippen molar-refractivity contribution in [3.05, 3.63) is 119 Å². The van der Waals surface area contributed by atoms with Crippen molar-refractivity contribution in [3.63, 3.8) is 0 Å². The Morgan fingerprint density at radius 2 is 0.975 bits per heavy atom. The summed E-state index contributed by atoms with van der Waals surface area (Å²) < 4.78 is 56.7. The number of anilines is 3. The smallest absolute Gasteiger partial charge is 0.357 e. The topological polar surface area (TPSA) is 265 Å². The number of halogens is 8. The average Bonchev–Trinajstić information content (AvgIpc) is 4.17. The number of aryl methyl sites for hydroxylation is 1. The van der Waals surface area contributed by atoms with Gasteiger partial charge in [0.1, 0.15) is 5.82 Å². The van der Waals surface area contributed by atoms with E-state index in [1.165, 1.54) is 18.2 Å². The molecular formula is C50H41Cl8CuN13O6S2. The van der Waals surface area contributed by atoms with Gasteiger partial charge in [0.05, 0.1) is 62.3 Å². The Kier molecular flexibility index (Phi) is 22.4. The van der Waals surface area contributed by atoms with E-state index in [1.54, 1.807) is 11.0 Å². The number of nitrogens with zero attached hydrogens (tertiary/aromatic N) is 12. The summed E-state index contributed by atoms with van der Waals surface area (Å²) in [5, 5.41) is 5.22. The van der Waals surface area contributed by atoms with E-state index in [1.807, 2.05) is 97.2 Å². The fourth-order valence-corrected chi connectivity index (χ4v) is 10.0. The van der Waals surface area contributed by atoms with E-state index in [0.717, 1.165) is 10.9 Å². The summed E-state index contributed by atoms with van der Waals surface area (Å²) in [6.45, 7) is 9.93. The summed E-state index contributed by atoms with van der Waals surface area (Å²) in [5.74, 6) is 2.31. The normalized spacial score (nSPS) is 10.8. The predicted octanol–water partition coefficient (Wildman–Crippen LogP) is 14.5. The molecule has 19 nitrogen and oxygen atoms in total. The van der Waals surface area contributed by atoms with Crippen LogP contribution in [0.1, 0.15) is 47.9 Å². The molecule has 11 rings (SSSR count). The fourth-order valence-electron chi connectivity index (χ4n) is 7.47. The van der Waals surface area contributed by atoms with Crippen LogP contribution in [0.3, 0.4) is 0 Å². The summed E-state index contributed by atoms with van der Waals surface area (Å²) in [6, 6.07) is 20.8. The van der Waals surface area contributed by atoms with Gasteiger partial charge in [0, 0.05) is 76.3 Å². The van der Waals surface area contributed by atoms with Crippen molar-refractivity contribution in [2.24, 2.45) is 0 Å². The van der Waals surface area contributed by atoms with Gasteiger partial charge in [0.15, 0.2) is 11.6 Å². The van der Waals surface area contributed by atoms with E-state index in [2.05, 4.69) is 20.3 Å². The Hall–Kier alpha value is -5.56. The number of fused-ring (bicyclic) bond motifs is 20. The molecule has 0 amide bonds. The number of hydrogen-bond donors (Lipinski definition) is 2. The first-order valence-electron chi connectivity index (χ1n) is 22.8. The summed E-state index contributed by atoms with van der Waals surface area (Å²) in [5.41, 5.74) is 3.34. The average molecular weight is 1330 g/mol. The van der Waals surface area contributed by atoms with Crippen LogP contribution in [0.5, 0.6) is 0 Å². The molecule has 30 heteroatoms. The third-order valence-electron chi connectivity index (χ3n) is 10.7.